The number of amides is 1. The van der Waals surface area contributed by atoms with E-state index in [1.165, 1.54) is 0 Å². The van der Waals surface area contributed by atoms with Crippen LogP contribution in [0.5, 0.6) is 5.75 Å². The molecule has 0 atom stereocenters. The minimum atomic E-state index is -0.287. The second-order valence-corrected chi connectivity index (χ2v) is 6.48. The van der Waals surface area contributed by atoms with Crippen molar-refractivity contribution in [2.24, 2.45) is 0 Å². The minimum absolute atomic E-state index is 0.287. The number of hydrogen-bond acceptors (Lipinski definition) is 4. The first-order valence-electron chi connectivity index (χ1n) is 9.18. The Labute approximate surface area is 167 Å². The van der Waals surface area contributed by atoms with Gasteiger partial charge in [0.25, 0.3) is 5.91 Å². The Morgan fingerprint density at radius 1 is 1.24 bits per heavy atom. The van der Waals surface area contributed by atoms with Crippen molar-refractivity contribution in [2.75, 3.05) is 12.4 Å². The number of anilines is 1. The van der Waals surface area contributed by atoms with E-state index < -0.39 is 0 Å². The summed E-state index contributed by atoms with van der Waals surface area (Å²) in [5, 5.41) is 19.9. The molecule has 2 heterocycles. The van der Waals surface area contributed by atoms with Gasteiger partial charge >= 0.3 is 0 Å². The van der Waals surface area contributed by atoms with E-state index in [4.69, 9.17) is 10.00 Å². The van der Waals surface area contributed by atoms with Crippen LogP contribution in [0.25, 0.3) is 22.3 Å². The van der Waals surface area contributed by atoms with Crippen LogP contribution in [-0.2, 0) is 6.54 Å². The predicted octanol–water partition coefficient (Wildman–Crippen LogP) is 4.18. The molecule has 0 bridgehead atoms. The molecule has 2 N–H and O–H groups in total. The van der Waals surface area contributed by atoms with E-state index >= 15 is 0 Å². The quantitative estimate of drug-likeness (QED) is 0.539. The van der Waals surface area contributed by atoms with Gasteiger partial charge in [-0.15, -0.1) is 0 Å². The molecule has 7 nitrogen and oxygen atoms in total. The summed E-state index contributed by atoms with van der Waals surface area (Å²) in [6.07, 6.45) is 0. The van der Waals surface area contributed by atoms with E-state index in [0.717, 1.165) is 34.6 Å². The second-order valence-electron chi connectivity index (χ2n) is 6.48. The summed E-state index contributed by atoms with van der Waals surface area (Å²) < 4.78 is 7.65. The van der Waals surface area contributed by atoms with Crippen molar-refractivity contribution in [2.45, 2.75) is 13.5 Å². The minimum Gasteiger partial charge on any atom is -0.496 e. The van der Waals surface area contributed by atoms with Crippen LogP contribution in [0.3, 0.4) is 0 Å². The molecule has 0 aliphatic heterocycles. The molecule has 7 heteroatoms. The number of nitrogens with one attached hydrogen (secondary N) is 2. The molecule has 0 radical (unpaired) electrons. The van der Waals surface area contributed by atoms with E-state index in [2.05, 4.69) is 39.1 Å². The molecule has 0 spiro atoms. The number of carbonyl (C=O) groups excluding carboxylic acids is 1. The third-order valence-electron chi connectivity index (χ3n) is 4.81. The maximum atomic E-state index is 12.4. The number of nitrogens with zero attached hydrogens (tertiary/aromatic N) is 3. The molecule has 1 amide bonds. The zero-order valence-electron chi connectivity index (χ0n) is 16.1. The first-order chi connectivity index (χ1) is 14.1. The summed E-state index contributed by atoms with van der Waals surface area (Å²) in [4.78, 5) is 12.4. The number of aromatic amines is 1. The monoisotopic (exact) mass is 385 g/mol. The number of carbonyl (C=O) groups is 1. The van der Waals surface area contributed by atoms with Gasteiger partial charge in [-0.25, -0.2) is 0 Å². The average molecular weight is 385 g/mol. The van der Waals surface area contributed by atoms with Crippen LogP contribution in [0.1, 0.15) is 22.8 Å². The molecule has 4 rings (SSSR count). The lowest BCUT2D eigenvalue weighted by atomic mass is 10.1. The van der Waals surface area contributed by atoms with E-state index in [1.54, 1.807) is 37.4 Å². The maximum Gasteiger partial charge on any atom is 0.256 e. The Kier molecular flexibility index (Phi) is 4.75. The Balaban J connectivity index is 1.63. The number of fused-ring (bicyclic) bond motifs is 1. The van der Waals surface area contributed by atoms with Gasteiger partial charge in [0.2, 0.25) is 0 Å². The van der Waals surface area contributed by atoms with Crippen molar-refractivity contribution in [1.29, 1.82) is 5.26 Å². The molecule has 0 saturated heterocycles. The molecule has 0 aliphatic rings. The van der Waals surface area contributed by atoms with E-state index in [1.807, 2.05) is 18.2 Å². The average Bonchev–Trinajstić information content (AvgIpc) is 3.37. The molecule has 29 heavy (non-hydrogen) atoms. The highest BCUT2D eigenvalue weighted by Crippen LogP contribution is 2.33. The van der Waals surface area contributed by atoms with Crippen molar-refractivity contribution < 1.29 is 9.53 Å². The molecule has 4 aromatic rings. The number of nitriles is 1. The Morgan fingerprint density at radius 3 is 2.72 bits per heavy atom. The van der Waals surface area contributed by atoms with Gasteiger partial charge in [-0.05, 0) is 49.4 Å². The number of methoxy groups -OCH3 is 1. The SMILES string of the molecule is CCn1c(-c2cc(NC(=O)c3ccc(C#N)cc3)n[nH]2)cc2c(OC)cccc21. The van der Waals surface area contributed by atoms with Crippen LogP contribution in [-0.4, -0.2) is 27.8 Å². The fraction of sp³-hybridized carbons (Fsp3) is 0.136. The first kappa shape index (κ1) is 18.3. The molecular weight excluding hydrogens is 366 g/mol. The van der Waals surface area contributed by atoms with E-state index in [-0.39, 0.29) is 5.91 Å². The number of aryl methyl sites for hydroxylation is 1. The Morgan fingerprint density at radius 2 is 2.03 bits per heavy atom. The highest BCUT2D eigenvalue weighted by Gasteiger charge is 2.15. The third-order valence-corrected chi connectivity index (χ3v) is 4.81. The number of H-pyrrole nitrogens is 1. The summed E-state index contributed by atoms with van der Waals surface area (Å²) in [5.41, 5.74) is 3.78. The maximum absolute atomic E-state index is 12.4. The zero-order valence-corrected chi connectivity index (χ0v) is 16.1. The largest absolute Gasteiger partial charge is 0.496 e. The summed E-state index contributed by atoms with van der Waals surface area (Å²) in [5.74, 6) is 0.948. The van der Waals surface area contributed by atoms with Crippen molar-refractivity contribution in [3.8, 4) is 23.2 Å². The third kappa shape index (κ3) is 3.32. The lowest BCUT2D eigenvalue weighted by Gasteiger charge is -2.06. The summed E-state index contributed by atoms with van der Waals surface area (Å²) >= 11 is 0. The van der Waals surface area contributed by atoms with Gasteiger partial charge < -0.3 is 14.6 Å². The molecule has 0 aliphatic carbocycles. The standard InChI is InChI=1S/C22H19N5O2/c1-3-27-18-5-4-6-20(29-2)16(18)11-19(27)17-12-21(26-25-17)24-22(28)15-9-7-14(13-23)8-10-15/h4-12H,3H2,1-2H3,(H2,24,25,26,28). The van der Waals surface area contributed by atoms with Gasteiger partial charge in [0.15, 0.2) is 5.82 Å². The summed E-state index contributed by atoms with van der Waals surface area (Å²) in [6, 6.07) is 18.3. The van der Waals surface area contributed by atoms with Crippen LogP contribution in [0.4, 0.5) is 5.82 Å². The number of benzene rings is 2. The van der Waals surface area contributed by atoms with Crippen molar-refractivity contribution >= 4 is 22.6 Å². The van der Waals surface area contributed by atoms with E-state index in [9.17, 15) is 4.79 Å². The molecule has 0 unspecified atom stereocenters. The molecule has 2 aromatic carbocycles. The number of hydrogen-bond donors (Lipinski definition) is 2. The van der Waals surface area contributed by atoms with Gasteiger partial charge in [0.1, 0.15) is 5.75 Å². The Hall–Kier alpha value is -4.05. The van der Waals surface area contributed by atoms with E-state index in [0.29, 0.717) is 16.9 Å². The summed E-state index contributed by atoms with van der Waals surface area (Å²) in [7, 11) is 1.66. The lowest BCUT2D eigenvalue weighted by molar-refractivity contribution is 0.102. The predicted molar refractivity (Wildman–Crippen MR) is 111 cm³/mol. The first-order valence-corrected chi connectivity index (χ1v) is 9.18. The fourth-order valence-electron chi connectivity index (χ4n) is 3.40. The second kappa shape index (κ2) is 7.52. The molecular formula is C22H19N5O2. The zero-order chi connectivity index (χ0) is 20.4. The number of rotatable bonds is 5. The van der Waals surface area contributed by atoms with Gasteiger partial charge in [0.05, 0.1) is 35.6 Å². The smallest absolute Gasteiger partial charge is 0.256 e. The van der Waals surface area contributed by atoms with Gasteiger partial charge in [-0.2, -0.15) is 10.4 Å². The highest BCUT2D eigenvalue weighted by molar-refractivity contribution is 6.04. The highest BCUT2D eigenvalue weighted by atomic mass is 16.5. The van der Waals surface area contributed by atoms with Crippen molar-refractivity contribution in [3.63, 3.8) is 0 Å². The van der Waals surface area contributed by atoms with Crippen LogP contribution in [0.2, 0.25) is 0 Å². The Bertz CT molecular complexity index is 1230. The van der Waals surface area contributed by atoms with Gasteiger partial charge in [-0.3, -0.25) is 9.89 Å². The lowest BCUT2D eigenvalue weighted by Crippen LogP contribution is -2.11. The summed E-state index contributed by atoms with van der Waals surface area (Å²) in [6.45, 7) is 2.85. The van der Waals surface area contributed by atoms with Crippen LogP contribution in [0, 0.1) is 11.3 Å². The van der Waals surface area contributed by atoms with Gasteiger partial charge in [0, 0.05) is 23.6 Å². The number of ether oxygens (including phenoxy) is 1. The van der Waals surface area contributed by atoms with Crippen LogP contribution in [0.15, 0.2) is 54.6 Å². The molecule has 2 aromatic heterocycles. The number of aromatic nitrogens is 3. The van der Waals surface area contributed by atoms with Crippen LogP contribution >= 0.6 is 0 Å². The van der Waals surface area contributed by atoms with Crippen LogP contribution < -0.4 is 10.1 Å². The normalized spacial score (nSPS) is 10.7. The molecule has 0 saturated carbocycles. The van der Waals surface area contributed by atoms with Gasteiger partial charge in [-0.1, -0.05) is 6.07 Å². The molecule has 0 fully saturated rings. The fourth-order valence-corrected chi connectivity index (χ4v) is 3.40. The van der Waals surface area contributed by atoms with Crippen molar-refractivity contribution in [1.82, 2.24) is 14.8 Å². The molecule has 144 valence electrons. The topological polar surface area (TPSA) is 95.7 Å². The van der Waals surface area contributed by atoms with Crippen molar-refractivity contribution in [3.05, 3.63) is 65.7 Å².